The van der Waals surface area contributed by atoms with Gasteiger partial charge in [0.15, 0.2) is 0 Å². The van der Waals surface area contributed by atoms with Gasteiger partial charge in [0.05, 0.1) is 16.0 Å². The van der Waals surface area contributed by atoms with E-state index in [0.717, 1.165) is 11.3 Å². The predicted octanol–water partition coefficient (Wildman–Crippen LogP) is 3.24. The van der Waals surface area contributed by atoms with Crippen molar-refractivity contribution in [3.8, 4) is 12.3 Å². The molecule has 0 saturated carbocycles. The summed E-state index contributed by atoms with van der Waals surface area (Å²) in [5, 5.41) is 12.2. The van der Waals surface area contributed by atoms with Gasteiger partial charge >= 0.3 is 0 Å². The quantitative estimate of drug-likeness (QED) is 0.603. The van der Waals surface area contributed by atoms with Crippen molar-refractivity contribution in [1.29, 1.82) is 0 Å². The van der Waals surface area contributed by atoms with Crippen molar-refractivity contribution in [2.75, 3.05) is 0 Å². The van der Waals surface area contributed by atoms with E-state index in [0.29, 0.717) is 17.9 Å². The molecule has 3 heteroatoms. The summed E-state index contributed by atoms with van der Waals surface area (Å²) in [5.74, 6) is 2.54. The molecule has 1 heterocycles. The van der Waals surface area contributed by atoms with E-state index in [-0.39, 0.29) is 0 Å². The Bertz CT molecular complexity index is 300. The summed E-state index contributed by atoms with van der Waals surface area (Å²) in [6.07, 6.45) is 6.88. The standard InChI is InChI=1S/C10H11ClOS/c1-2-3-4-5-9(12)10-8(11)6-7-13-10/h1,6-7,9,12H,3-5H2. The second kappa shape index (κ2) is 5.29. The first-order chi connectivity index (χ1) is 6.25. The molecule has 1 aromatic rings. The van der Waals surface area contributed by atoms with Crippen LogP contribution in [0.5, 0.6) is 0 Å². The third-order valence-electron chi connectivity index (χ3n) is 1.75. The SMILES string of the molecule is C#CCCCC(O)c1sccc1Cl. The maximum absolute atomic E-state index is 9.67. The Morgan fingerprint density at radius 1 is 1.69 bits per heavy atom. The van der Waals surface area contributed by atoms with E-state index in [1.54, 1.807) is 6.07 Å². The number of aliphatic hydroxyl groups is 1. The highest BCUT2D eigenvalue weighted by atomic mass is 35.5. The number of thiophene rings is 1. The van der Waals surface area contributed by atoms with Crippen molar-refractivity contribution in [2.24, 2.45) is 0 Å². The van der Waals surface area contributed by atoms with Gasteiger partial charge in [0.2, 0.25) is 0 Å². The molecule has 0 fully saturated rings. The lowest BCUT2D eigenvalue weighted by Gasteiger charge is -2.07. The molecule has 1 N–H and O–H groups in total. The molecule has 0 aliphatic carbocycles. The van der Waals surface area contributed by atoms with E-state index < -0.39 is 6.10 Å². The minimum absolute atomic E-state index is 0.458. The summed E-state index contributed by atoms with van der Waals surface area (Å²) in [4.78, 5) is 0.846. The van der Waals surface area contributed by atoms with Gasteiger partial charge in [0.1, 0.15) is 0 Å². The molecule has 1 atom stereocenters. The molecule has 1 nitrogen and oxygen atoms in total. The number of halogens is 1. The molecular formula is C10H11ClOS. The first-order valence-corrected chi connectivity index (χ1v) is 5.36. The van der Waals surface area contributed by atoms with Crippen molar-refractivity contribution in [2.45, 2.75) is 25.4 Å². The number of unbranched alkanes of at least 4 members (excludes halogenated alkanes) is 1. The van der Waals surface area contributed by atoms with Crippen LogP contribution in [0.25, 0.3) is 0 Å². The van der Waals surface area contributed by atoms with Gasteiger partial charge in [-0.1, -0.05) is 11.6 Å². The van der Waals surface area contributed by atoms with E-state index in [1.807, 2.05) is 5.38 Å². The van der Waals surface area contributed by atoms with Crippen LogP contribution in [0.4, 0.5) is 0 Å². The summed E-state index contributed by atoms with van der Waals surface area (Å²) < 4.78 is 0. The van der Waals surface area contributed by atoms with Gasteiger partial charge in [-0.3, -0.25) is 0 Å². The van der Waals surface area contributed by atoms with Crippen LogP contribution in [0, 0.1) is 12.3 Å². The number of hydrogen-bond acceptors (Lipinski definition) is 2. The third-order valence-corrected chi connectivity index (χ3v) is 3.21. The average Bonchev–Trinajstić information content (AvgIpc) is 2.52. The van der Waals surface area contributed by atoms with E-state index in [1.165, 1.54) is 11.3 Å². The molecule has 0 aliphatic rings. The van der Waals surface area contributed by atoms with Gasteiger partial charge in [-0.05, 0) is 24.3 Å². The fourth-order valence-electron chi connectivity index (χ4n) is 1.07. The summed E-state index contributed by atoms with van der Waals surface area (Å²) in [5.41, 5.74) is 0. The highest BCUT2D eigenvalue weighted by Crippen LogP contribution is 2.31. The highest BCUT2D eigenvalue weighted by molar-refractivity contribution is 7.10. The van der Waals surface area contributed by atoms with Crippen molar-refractivity contribution < 1.29 is 5.11 Å². The molecule has 1 rings (SSSR count). The molecule has 1 aromatic heterocycles. The zero-order valence-corrected chi connectivity index (χ0v) is 8.74. The van der Waals surface area contributed by atoms with Gasteiger partial charge in [-0.25, -0.2) is 0 Å². The first-order valence-electron chi connectivity index (χ1n) is 4.10. The van der Waals surface area contributed by atoms with Crippen molar-refractivity contribution in [3.05, 3.63) is 21.3 Å². The van der Waals surface area contributed by atoms with Gasteiger partial charge in [-0.2, -0.15) is 0 Å². The molecular weight excluding hydrogens is 204 g/mol. The smallest absolute Gasteiger partial charge is 0.0897 e. The zero-order valence-electron chi connectivity index (χ0n) is 7.16. The normalized spacial score (nSPS) is 12.4. The Morgan fingerprint density at radius 2 is 2.46 bits per heavy atom. The molecule has 1 unspecified atom stereocenters. The van der Waals surface area contributed by atoms with Gasteiger partial charge in [0.25, 0.3) is 0 Å². The zero-order chi connectivity index (χ0) is 9.68. The van der Waals surface area contributed by atoms with Crippen LogP contribution < -0.4 is 0 Å². The summed E-state index contributed by atoms with van der Waals surface area (Å²) in [6, 6.07) is 1.80. The van der Waals surface area contributed by atoms with Crippen LogP contribution in [-0.2, 0) is 0 Å². The topological polar surface area (TPSA) is 20.2 Å². The number of terminal acetylenes is 1. The van der Waals surface area contributed by atoms with Crippen LogP contribution in [-0.4, -0.2) is 5.11 Å². The Hall–Kier alpha value is -0.490. The molecule has 0 amide bonds. The minimum atomic E-state index is -0.458. The van der Waals surface area contributed by atoms with Crippen LogP contribution in [0.2, 0.25) is 5.02 Å². The Balaban J connectivity index is 2.45. The second-order valence-electron chi connectivity index (χ2n) is 2.74. The van der Waals surface area contributed by atoms with Crippen LogP contribution in [0.3, 0.4) is 0 Å². The van der Waals surface area contributed by atoms with E-state index in [9.17, 15) is 5.11 Å². The fraction of sp³-hybridized carbons (Fsp3) is 0.400. The first kappa shape index (κ1) is 10.6. The van der Waals surface area contributed by atoms with E-state index in [2.05, 4.69) is 5.92 Å². The van der Waals surface area contributed by atoms with Crippen molar-refractivity contribution >= 4 is 22.9 Å². The number of rotatable bonds is 4. The predicted molar refractivity (Wildman–Crippen MR) is 57.0 cm³/mol. The molecule has 0 aromatic carbocycles. The second-order valence-corrected chi connectivity index (χ2v) is 4.10. The van der Waals surface area contributed by atoms with Crippen LogP contribution in [0.15, 0.2) is 11.4 Å². The summed E-state index contributed by atoms with van der Waals surface area (Å²) >= 11 is 7.34. The van der Waals surface area contributed by atoms with Crippen molar-refractivity contribution in [1.82, 2.24) is 0 Å². The van der Waals surface area contributed by atoms with Gasteiger partial charge in [-0.15, -0.1) is 23.7 Å². The largest absolute Gasteiger partial charge is 0.388 e. The molecule has 0 aliphatic heterocycles. The maximum atomic E-state index is 9.67. The molecule has 0 bridgehead atoms. The lowest BCUT2D eigenvalue weighted by molar-refractivity contribution is 0.169. The lowest BCUT2D eigenvalue weighted by Crippen LogP contribution is -1.94. The minimum Gasteiger partial charge on any atom is -0.388 e. The third kappa shape index (κ3) is 3.04. The molecule has 0 spiro atoms. The van der Waals surface area contributed by atoms with Crippen LogP contribution >= 0.6 is 22.9 Å². The summed E-state index contributed by atoms with van der Waals surface area (Å²) in [6.45, 7) is 0. The molecule has 0 radical (unpaired) electrons. The Morgan fingerprint density at radius 3 is 3.00 bits per heavy atom. The molecule has 70 valence electrons. The van der Waals surface area contributed by atoms with Crippen LogP contribution in [0.1, 0.15) is 30.2 Å². The maximum Gasteiger partial charge on any atom is 0.0897 e. The highest BCUT2D eigenvalue weighted by Gasteiger charge is 2.11. The summed E-state index contributed by atoms with van der Waals surface area (Å²) in [7, 11) is 0. The van der Waals surface area contributed by atoms with E-state index >= 15 is 0 Å². The van der Waals surface area contributed by atoms with E-state index in [4.69, 9.17) is 18.0 Å². The fourth-order valence-corrected chi connectivity index (χ4v) is 2.28. The lowest BCUT2D eigenvalue weighted by atomic mass is 10.1. The number of aliphatic hydroxyl groups excluding tert-OH is 1. The molecule has 13 heavy (non-hydrogen) atoms. The van der Waals surface area contributed by atoms with Crippen molar-refractivity contribution in [3.63, 3.8) is 0 Å². The number of hydrogen-bond donors (Lipinski definition) is 1. The Kier molecular flexibility index (Phi) is 4.31. The monoisotopic (exact) mass is 214 g/mol. The molecule has 0 saturated heterocycles. The van der Waals surface area contributed by atoms with Gasteiger partial charge < -0.3 is 5.11 Å². The van der Waals surface area contributed by atoms with Gasteiger partial charge in [0, 0.05) is 6.42 Å². The Labute approximate surface area is 87.4 Å². The average molecular weight is 215 g/mol.